The second-order valence-corrected chi connectivity index (χ2v) is 6.30. The summed E-state index contributed by atoms with van der Waals surface area (Å²) >= 11 is 0. The van der Waals surface area contributed by atoms with Crippen LogP contribution in [0.5, 0.6) is 0 Å². The molecule has 0 saturated heterocycles. The molecule has 0 aliphatic heterocycles. The molecule has 1 fully saturated rings. The minimum Gasteiger partial charge on any atom is -0.339 e. The molecule has 1 saturated carbocycles. The van der Waals surface area contributed by atoms with Crippen molar-refractivity contribution in [2.75, 3.05) is 6.54 Å². The maximum atomic E-state index is 12.7. The predicted molar refractivity (Wildman–Crippen MR) is 76.3 cm³/mol. The van der Waals surface area contributed by atoms with E-state index in [0.717, 1.165) is 45.1 Å². The van der Waals surface area contributed by atoms with E-state index in [9.17, 15) is 4.79 Å². The summed E-state index contributed by atoms with van der Waals surface area (Å²) in [6.45, 7) is 9.26. The van der Waals surface area contributed by atoms with Crippen LogP contribution in [-0.2, 0) is 4.79 Å². The molecular weight excluding hydrogens is 224 g/mol. The number of hydrogen-bond acceptors (Lipinski definition) is 2. The minimum absolute atomic E-state index is 0.227. The van der Waals surface area contributed by atoms with Crippen LogP contribution < -0.4 is 5.73 Å². The summed E-state index contributed by atoms with van der Waals surface area (Å²) in [4.78, 5) is 14.8. The second-order valence-electron chi connectivity index (χ2n) is 6.30. The average Bonchev–Trinajstić information content (AvgIpc) is 2.36. The number of nitrogens with zero attached hydrogens (tertiary/aromatic N) is 1. The molecule has 1 amide bonds. The summed E-state index contributed by atoms with van der Waals surface area (Å²) in [6.07, 6.45) is 6.21. The normalized spacial score (nSPS) is 24.9. The first-order valence-electron chi connectivity index (χ1n) is 7.49. The first-order valence-corrected chi connectivity index (χ1v) is 7.49. The maximum absolute atomic E-state index is 12.7. The minimum atomic E-state index is -0.227. The van der Waals surface area contributed by atoms with E-state index in [4.69, 9.17) is 5.73 Å². The molecule has 0 bridgehead atoms. The van der Waals surface area contributed by atoms with Gasteiger partial charge in [0.25, 0.3) is 0 Å². The van der Waals surface area contributed by atoms with Crippen LogP contribution in [0, 0.1) is 5.41 Å². The van der Waals surface area contributed by atoms with Crippen molar-refractivity contribution in [1.29, 1.82) is 0 Å². The molecule has 18 heavy (non-hydrogen) atoms. The third kappa shape index (κ3) is 3.71. The molecule has 3 heteroatoms. The molecule has 1 aliphatic carbocycles. The first kappa shape index (κ1) is 15.5. The standard InChI is InChI=1S/C15H30N2O/c1-5-11-17(14(18)15(3,4)6-2)13-9-7-12(16)8-10-13/h12-13H,5-11,16H2,1-4H3. The molecule has 0 unspecified atom stereocenters. The number of carbonyl (C=O) groups excluding carboxylic acids is 1. The Bertz CT molecular complexity index is 268. The van der Waals surface area contributed by atoms with E-state index in [2.05, 4.69) is 32.6 Å². The highest BCUT2D eigenvalue weighted by molar-refractivity contribution is 5.82. The lowest BCUT2D eigenvalue weighted by Gasteiger charge is -2.40. The zero-order valence-electron chi connectivity index (χ0n) is 12.5. The molecular formula is C15H30N2O. The number of carbonyl (C=O) groups is 1. The Hall–Kier alpha value is -0.570. The van der Waals surface area contributed by atoms with E-state index in [1.54, 1.807) is 0 Å². The fraction of sp³-hybridized carbons (Fsp3) is 0.933. The summed E-state index contributed by atoms with van der Waals surface area (Å²) < 4.78 is 0. The van der Waals surface area contributed by atoms with Gasteiger partial charge in [-0.05, 0) is 38.5 Å². The van der Waals surface area contributed by atoms with E-state index < -0.39 is 0 Å². The Kier molecular flexibility index (Phi) is 5.64. The number of amides is 1. The van der Waals surface area contributed by atoms with E-state index >= 15 is 0 Å². The molecule has 1 aliphatic rings. The molecule has 2 N–H and O–H groups in total. The van der Waals surface area contributed by atoms with Crippen LogP contribution >= 0.6 is 0 Å². The van der Waals surface area contributed by atoms with Crippen molar-refractivity contribution in [3.8, 4) is 0 Å². The Morgan fingerprint density at radius 1 is 1.22 bits per heavy atom. The molecule has 3 nitrogen and oxygen atoms in total. The van der Waals surface area contributed by atoms with Gasteiger partial charge in [-0.2, -0.15) is 0 Å². The van der Waals surface area contributed by atoms with Crippen LogP contribution in [0.25, 0.3) is 0 Å². The van der Waals surface area contributed by atoms with Gasteiger partial charge in [0.15, 0.2) is 0 Å². The van der Waals surface area contributed by atoms with Crippen molar-refractivity contribution in [3.05, 3.63) is 0 Å². The Labute approximate surface area is 112 Å². The number of nitrogens with two attached hydrogens (primary N) is 1. The molecule has 0 heterocycles. The summed E-state index contributed by atoms with van der Waals surface area (Å²) in [6, 6.07) is 0.766. The summed E-state index contributed by atoms with van der Waals surface area (Å²) in [7, 11) is 0. The van der Waals surface area contributed by atoms with Gasteiger partial charge in [0.2, 0.25) is 5.91 Å². The third-order valence-electron chi connectivity index (χ3n) is 4.37. The van der Waals surface area contributed by atoms with Crippen LogP contribution in [-0.4, -0.2) is 29.4 Å². The fourth-order valence-electron chi connectivity index (χ4n) is 2.64. The van der Waals surface area contributed by atoms with E-state index in [-0.39, 0.29) is 5.41 Å². The maximum Gasteiger partial charge on any atom is 0.228 e. The number of rotatable bonds is 5. The molecule has 0 aromatic rings. The SMILES string of the molecule is CCCN(C(=O)C(C)(C)CC)C1CCC(N)CC1. The zero-order chi connectivity index (χ0) is 13.8. The van der Waals surface area contributed by atoms with Crippen molar-refractivity contribution in [2.24, 2.45) is 11.1 Å². The highest BCUT2D eigenvalue weighted by atomic mass is 16.2. The average molecular weight is 254 g/mol. The van der Waals surface area contributed by atoms with Gasteiger partial charge in [0.1, 0.15) is 0 Å². The zero-order valence-corrected chi connectivity index (χ0v) is 12.5. The topological polar surface area (TPSA) is 46.3 Å². The molecule has 0 atom stereocenters. The van der Waals surface area contributed by atoms with Gasteiger partial charge < -0.3 is 10.6 Å². The van der Waals surface area contributed by atoms with Crippen LogP contribution in [0.4, 0.5) is 0 Å². The van der Waals surface area contributed by atoms with Crippen LogP contribution in [0.15, 0.2) is 0 Å². The molecule has 0 aromatic heterocycles. The molecule has 0 spiro atoms. The predicted octanol–water partition coefficient (Wildman–Crippen LogP) is 2.93. The Morgan fingerprint density at radius 3 is 2.22 bits per heavy atom. The van der Waals surface area contributed by atoms with Crippen molar-refractivity contribution in [2.45, 2.75) is 78.3 Å². The Balaban J connectivity index is 2.73. The van der Waals surface area contributed by atoms with E-state index in [0.29, 0.717) is 18.0 Å². The summed E-state index contributed by atoms with van der Waals surface area (Å²) in [5.41, 5.74) is 5.73. The Morgan fingerprint density at radius 2 is 1.78 bits per heavy atom. The van der Waals surface area contributed by atoms with Crippen molar-refractivity contribution in [1.82, 2.24) is 4.90 Å². The number of hydrogen-bond donors (Lipinski definition) is 1. The fourth-order valence-corrected chi connectivity index (χ4v) is 2.64. The van der Waals surface area contributed by atoms with Crippen molar-refractivity contribution >= 4 is 5.91 Å². The van der Waals surface area contributed by atoms with Gasteiger partial charge in [-0.15, -0.1) is 0 Å². The second kappa shape index (κ2) is 6.55. The van der Waals surface area contributed by atoms with Crippen molar-refractivity contribution in [3.63, 3.8) is 0 Å². The largest absolute Gasteiger partial charge is 0.339 e. The molecule has 106 valence electrons. The lowest BCUT2D eigenvalue weighted by Crippen LogP contribution is -2.49. The van der Waals surface area contributed by atoms with Gasteiger partial charge in [-0.3, -0.25) is 4.79 Å². The first-order chi connectivity index (χ1) is 8.42. The highest BCUT2D eigenvalue weighted by Crippen LogP contribution is 2.29. The molecule has 0 aromatic carbocycles. The van der Waals surface area contributed by atoms with Crippen LogP contribution in [0.1, 0.15) is 66.2 Å². The molecule has 1 rings (SSSR count). The van der Waals surface area contributed by atoms with Crippen molar-refractivity contribution < 1.29 is 4.79 Å². The van der Waals surface area contributed by atoms with E-state index in [1.807, 2.05) is 0 Å². The lowest BCUT2D eigenvalue weighted by atomic mass is 9.85. The van der Waals surface area contributed by atoms with Gasteiger partial charge in [0, 0.05) is 24.0 Å². The van der Waals surface area contributed by atoms with Gasteiger partial charge in [-0.1, -0.05) is 27.7 Å². The summed E-state index contributed by atoms with van der Waals surface area (Å²) in [5.74, 6) is 0.326. The summed E-state index contributed by atoms with van der Waals surface area (Å²) in [5, 5.41) is 0. The highest BCUT2D eigenvalue weighted by Gasteiger charge is 2.34. The quantitative estimate of drug-likeness (QED) is 0.820. The van der Waals surface area contributed by atoms with E-state index in [1.165, 1.54) is 0 Å². The van der Waals surface area contributed by atoms with Gasteiger partial charge in [0.05, 0.1) is 0 Å². The van der Waals surface area contributed by atoms with Gasteiger partial charge >= 0.3 is 0 Å². The lowest BCUT2D eigenvalue weighted by molar-refractivity contribution is -0.143. The molecule has 0 radical (unpaired) electrons. The van der Waals surface area contributed by atoms with Crippen LogP contribution in [0.2, 0.25) is 0 Å². The monoisotopic (exact) mass is 254 g/mol. The van der Waals surface area contributed by atoms with Crippen LogP contribution in [0.3, 0.4) is 0 Å². The third-order valence-corrected chi connectivity index (χ3v) is 4.37. The van der Waals surface area contributed by atoms with Gasteiger partial charge in [-0.25, -0.2) is 0 Å². The smallest absolute Gasteiger partial charge is 0.228 e.